The number of hydrogen-bond acceptors (Lipinski definition) is 5. The maximum atomic E-state index is 13.0. The second kappa shape index (κ2) is 8.22. The summed E-state index contributed by atoms with van der Waals surface area (Å²) in [6.07, 6.45) is -3.23. The van der Waals surface area contributed by atoms with Crippen LogP contribution in [0.5, 0.6) is 0 Å². The van der Waals surface area contributed by atoms with Crippen LogP contribution in [0.15, 0.2) is 30.3 Å². The topological polar surface area (TPSA) is 79.3 Å². The van der Waals surface area contributed by atoms with Crippen LogP contribution in [0.25, 0.3) is 0 Å². The summed E-state index contributed by atoms with van der Waals surface area (Å²) in [5.41, 5.74) is -0.815. The van der Waals surface area contributed by atoms with E-state index in [-0.39, 0.29) is 12.1 Å². The molecule has 1 N–H and O–H groups in total. The van der Waals surface area contributed by atoms with Crippen molar-refractivity contribution in [1.82, 2.24) is 9.80 Å². The summed E-state index contributed by atoms with van der Waals surface area (Å²) in [6.45, 7) is 14.4. The van der Waals surface area contributed by atoms with Crippen LogP contribution < -0.4 is 0 Å². The number of nitrogens with zero attached hydrogens (tertiary/aromatic N) is 2. The first kappa shape index (κ1) is 23.0. The maximum Gasteiger partial charge on any atom is 0.412 e. The van der Waals surface area contributed by atoms with Crippen LogP contribution in [0.2, 0.25) is 0 Å². The predicted octanol–water partition coefficient (Wildman–Crippen LogP) is 4.31. The zero-order valence-electron chi connectivity index (χ0n) is 18.7. The average Bonchev–Trinajstić information content (AvgIpc) is 2.83. The monoisotopic (exact) mass is 406 g/mol. The molecule has 0 saturated carbocycles. The minimum atomic E-state index is -1.12. The highest BCUT2D eigenvalue weighted by Gasteiger charge is 2.53. The fraction of sp³-hybridized carbons (Fsp3) is 0.636. The third-order valence-corrected chi connectivity index (χ3v) is 4.78. The molecule has 1 saturated heterocycles. The van der Waals surface area contributed by atoms with E-state index in [1.807, 2.05) is 19.9 Å². The Morgan fingerprint density at radius 1 is 0.862 bits per heavy atom. The lowest BCUT2D eigenvalue weighted by atomic mass is 10.1. The predicted molar refractivity (Wildman–Crippen MR) is 110 cm³/mol. The highest BCUT2D eigenvalue weighted by atomic mass is 16.6. The Morgan fingerprint density at radius 2 is 1.24 bits per heavy atom. The Morgan fingerprint density at radius 3 is 1.59 bits per heavy atom. The second-order valence-electron chi connectivity index (χ2n) is 9.53. The van der Waals surface area contributed by atoms with E-state index in [0.717, 1.165) is 0 Å². The fourth-order valence-corrected chi connectivity index (χ4v) is 3.39. The van der Waals surface area contributed by atoms with E-state index in [0.29, 0.717) is 5.56 Å². The van der Waals surface area contributed by atoms with E-state index in [1.54, 1.807) is 65.8 Å². The molecule has 7 nitrogen and oxygen atoms in total. The molecule has 2 amide bonds. The molecule has 0 bridgehead atoms. The minimum absolute atomic E-state index is 0.374. The van der Waals surface area contributed by atoms with Gasteiger partial charge in [-0.15, -0.1) is 0 Å². The van der Waals surface area contributed by atoms with Gasteiger partial charge >= 0.3 is 12.2 Å². The van der Waals surface area contributed by atoms with E-state index in [1.165, 1.54) is 9.80 Å². The smallest absolute Gasteiger partial charge is 0.412 e. The molecular weight excluding hydrogens is 372 g/mol. The Bertz CT molecular complexity index is 683. The summed E-state index contributed by atoms with van der Waals surface area (Å²) >= 11 is 0. The van der Waals surface area contributed by atoms with Crippen LogP contribution in [0.1, 0.15) is 67.1 Å². The first-order chi connectivity index (χ1) is 13.2. The molecule has 0 aromatic heterocycles. The normalized spacial score (nSPS) is 21.8. The molecule has 3 atom stereocenters. The molecular formula is C22H34N2O5. The zero-order chi connectivity index (χ0) is 22.1. The van der Waals surface area contributed by atoms with Gasteiger partial charge in [0.15, 0.2) is 0 Å². The highest BCUT2D eigenvalue weighted by molar-refractivity contribution is 5.74. The number of benzene rings is 1. The Hall–Kier alpha value is -2.28. The number of carbonyl (C=O) groups excluding carboxylic acids is 2. The number of carbonyl (C=O) groups is 2. The molecule has 0 aliphatic carbocycles. The van der Waals surface area contributed by atoms with E-state index < -0.39 is 35.7 Å². The summed E-state index contributed by atoms with van der Waals surface area (Å²) in [5.74, 6) is 0. The standard InChI is InChI=1S/C22H34N2O5/c1-14-15(2)24(20(27)29-22(6,7)8)18(17(25)16-12-10-9-11-13-16)23(14)19(26)28-21(3,4)5/h9-15,17-18,25H,1-8H3/t14-,15-,17?/m0/s1. The van der Waals surface area contributed by atoms with Gasteiger partial charge in [0, 0.05) is 0 Å². The summed E-state index contributed by atoms with van der Waals surface area (Å²) < 4.78 is 11.2. The summed E-state index contributed by atoms with van der Waals surface area (Å²) in [4.78, 5) is 28.9. The van der Waals surface area contributed by atoms with Gasteiger partial charge < -0.3 is 14.6 Å². The molecule has 1 aliphatic heterocycles. The molecule has 0 spiro atoms. The largest absolute Gasteiger partial charge is 0.444 e. The summed E-state index contributed by atoms with van der Waals surface area (Å²) in [6, 6.07) is 8.22. The Kier molecular flexibility index (Phi) is 6.52. The molecule has 2 rings (SSSR count). The van der Waals surface area contributed by atoms with E-state index in [9.17, 15) is 14.7 Å². The van der Waals surface area contributed by atoms with Crippen molar-refractivity contribution in [3.8, 4) is 0 Å². The van der Waals surface area contributed by atoms with E-state index in [4.69, 9.17) is 9.47 Å². The quantitative estimate of drug-likeness (QED) is 0.792. The number of aliphatic hydroxyl groups excluding tert-OH is 1. The van der Waals surface area contributed by atoms with Crippen molar-refractivity contribution in [1.29, 1.82) is 0 Å². The summed E-state index contributed by atoms with van der Waals surface area (Å²) in [5, 5.41) is 11.2. The van der Waals surface area contributed by atoms with Crippen LogP contribution in [-0.4, -0.2) is 56.5 Å². The van der Waals surface area contributed by atoms with Gasteiger partial charge in [0.25, 0.3) is 0 Å². The molecule has 1 fully saturated rings. The molecule has 1 unspecified atom stereocenters. The number of rotatable bonds is 2. The van der Waals surface area contributed by atoms with E-state index in [2.05, 4.69) is 0 Å². The zero-order valence-corrected chi connectivity index (χ0v) is 18.7. The Balaban J connectivity index is 2.48. The van der Waals surface area contributed by atoms with Crippen LogP contribution in [-0.2, 0) is 9.47 Å². The maximum absolute atomic E-state index is 13.0. The highest BCUT2D eigenvalue weighted by Crippen LogP contribution is 2.36. The molecule has 1 aromatic rings. The van der Waals surface area contributed by atoms with Crippen molar-refractivity contribution >= 4 is 12.2 Å². The van der Waals surface area contributed by atoms with Crippen molar-refractivity contribution in [3.63, 3.8) is 0 Å². The molecule has 1 aliphatic rings. The molecule has 1 heterocycles. The van der Waals surface area contributed by atoms with Crippen molar-refractivity contribution in [2.45, 2.75) is 90.9 Å². The van der Waals surface area contributed by atoms with Gasteiger partial charge in [0.1, 0.15) is 23.5 Å². The minimum Gasteiger partial charge on any atom is -0.444 e. The first-order valence-electron chi connectivity index (χ1n) is 9.98. The van der Waals surface area contributed by atoms with Gasteiger partial charge in [-0.1, -0.05) is 30.3 Å². The molecule has 29 heavy (non-hydrogen) atoms. The summed E-state index contributed by atoms with van der Waals surface area (Å²) in [7, 11) is 0. The van der Waals surface area contributed by atoms with E-state index >= 15 is 0 Å². The SMILES string of the molecule is C[C@H]1[C@H](C)N(C(=O)OC(C)(C)C)C(C(O)c2ccccc2)N1C(=O)OC(C)(C)C. The van der Waals surface area contributed by atoms with Crippen molar-refractivity contribution in [2.75, 3.05) is 0 Å². The van der Waals surface area contributed by atoms with Gasteiger partial charge in [-0.05, 0) is 61.0 Å². The number of ether oxygens (including phenoxy) is 2. The number of hydrogen-bond donors (Lipinski definition) is 1. The van der Waals surface area contributed by atoms with Gasteiger partial charge in [0.05, 0.1) is 12.1 Å². The number of aliphatic hydroxyl groups is 1. The lowest BCUT2D eigenvalue weighted by Crippen LogP contribution is -2.51. The van der Waals surface area contributed by atoms with Crippen LogP contribution in [0.3, 0.4) is 0 Å². The van der Waals surface area contributed by atoms with Crippen LogP contribution in [0.4, 0.5) is 9.59 Å². The first-order valence-corrected chi connectivity index (χ1v) is 9.98. The molecule has 1 aromatic carbocycles. The molecule has 0 radical (unpaired) electrons. The van der Waals surface area contributed by atoms with Crippen LogP contribution in [0, 0.1) is 0 Å². The van der Waals surface area contributed by atoms with Crippen molar-refractivity contribution in [2.24, 2.45) is 0 Å². The fourth-order valence-electron chi connectivity index (χ4n) is 3.39. The lowest BCUT2D eigenvalue weighted by molar-refractivity contribution is -0.0393. The van der Waals surface area contributed by atoms with Gasteiger partial charge in [-0.25, -0.2) is 9.59 Å². The average molecular weight is 407 g/mol. The number of amides is 2. The second-order valence-corrected chi connectivity index (χ2v) is 9.53. The third kappa shape index (κ3) is 5.41. The van der Waals surface area contributed by atoms with Gasteiger partial charge in [-0.3, -0.25) is 9.80 Å². The van der Waals surface area contributed by atoms with Gasteiger partial charge in [0.2, 0.25) is 0 Å². The molecule has 7 heteroatoms. The molecule has 162 valence electrons. The van der Waals surface area contributed by atoms with Crippen LogP contribution >= 0.6 is 0 Å². The third-order valence-electron chi connectivity index (χ3n) is 4.78. The lowest BCUT2D eigenvalue weighted by Gasteiger charge is -2.36. The Labute approximate surface area is 173 Å². The van der Waals surface area contributed by atoms with Crippen molar-refractivity contribution < 1.29 is 24.2 Å². The van der Waals surface area contributed by atoms with Crippen molar-refractivity contribution in [3.05, 3.63) is 35.9 Å². The van der Waals surface area contributed by atoms with Gasteiger partial charge in [-0.2, -0.15) is 0 Å².